The van der Waals surface area contributed by atoms with Crippen LogP contribution in [0, 0.1) is 6.92 Å². The molecule has 22 heavy (non-hydrogen) atoms. The molecule has 3 aromatic rings. The number of aromatic nitrogens is 3. The minimum Gasteiger partial charge on any atom is -0.336 e. The number of amides is 1. The first-order valence-electron chi connectivity index (χ1n) is 6.79. The molecule has 3 rings (SSSR count). The molecular weight excluding hydrogens is 300 g/mol. The minimum atomic E-state index is -0.226. The highest BCUT2D eigenvalue weighted by Crippen LogP contribution is 2.20. The van der Waals surface area contributed by atoms with Crippen molar-refractivity contribution in [3.8, 4) is 0 Å². The molecule has 1 N–H and O–H groups in total. The van der Waals surface area contributed by atoms with Crippen molar-refractivity contribution in [1.82, 2.24) is 15.1 Å². The molecule has 0 aliphatic rings. The third-order valence-corrected chi connectivity index (χ3v) is 3.88. The van der Waals surface area contributed by atoms with Gasteiger partial charge < -0.3 is 9.84 Å². The van der Waals surface area contributed by atoms with E-state index in [0.717, 1.165) is 21.9 Å². The van der Waals surface area contributed by atoms with Crippen LogP contribution >= 0.6 is 11.8 Å². The Labute approximate surface area is 131 Å². The van der Waals surface area contributed by atoms with Crippen LogP contribution in [0.2, 0.25) is 0 Å². The van der Waals surface area contributed by atoms with Gasteiger partial charge in [-0.1, -0.05) is 12.1 Å². The fraction of sp³-hybridized carbons (Fsp3) is 0.200. The van der Waals surface area contributed by atoms with Crippen LogP contribution in [0.25, 0.3) is 11.1 Å². The van der Waals surface area contributed by atoms with Gasteiger partial charge in [0.1, 0.15) is 0 Å². The second-order valence-electron chi connectivity index (χ2n) is 4.62. The highest BCUT2D eigenvalue weighted by atomic mass is 32.2. The normalized spacial score (nSPS) is 10.8. The highest BCUT2D eigenvalue weighted by molar-refractivity contribution is 7.99. The third kappa shape index (κ3) is 2.94. The zero-order valence-corrected chi connectivity index (χ0v) is 13.0. The number of nitrogens with one attached hydrogen (secondary N) is 1. The summed E-state index contributed by atoms with van der Waals surface area (Å²) in [6.07, 6.45) is 3.11. The number of pyridine rings is 2. The summed E-state index contributed by atoms with van der Waals surface area (Å²) in [5, 5.41) is 8.33. The number of rotatable bonds is 4. The Morgan fingerprint density at radius 3 is 2.91 bits per heavy atom. The summed E-state index contributed by atoms with van der Waals surface area (Å²) in [6, 6.07) is 5.40. The maximum absolute atomic E-state index is 12.2. The van der Waals surface area contributed by atoms with E-state index < -0.39 is 0 Å². The van der Waals surface area contributed by atoms with Crippen LogP contribution in [0.4, 0.5) is 5.69 Å². The van der Waals surface area contributed by atoms with Crippen molar-refractivity contribution >= 4 is 34.5 Å². The Morgan fingerprint density at radius 1 is 1.32 bits per heavy atom. The molecule has 7 heteroatoms. The van der Waals surface area contributed by atoms with Crippen molar-refractivity contribution in [1.29, 1.82) is 0 Å². The van der Waals surface area contributed by atoms with Gasteiger partial charge in [-0.2, -0.15) is 0 Å². The number of nitrogens with zero attached hydrogens (tertiary/aromatic N) is 3. The smallest absolute Gasteiger partial charge is 0.258 e. The first kappa shape index (κ1) is 14.5. The summed E-state index contributed by atoms with van der Waals surface area (Å²) in [4.78, 5) is 20.6. The number of anilines is 1. The molecule has 0 radical (unpaired) electrons. The van der Waals surface area contributed by atoms with E-state index in [1.165, 1.54) is 0 Å². The first-order valence-corrected chi connectivity index (χ1v) is 7.78. The number of aryl methyl sites for hydroxylation is 1. The zero-order valence-electron chi connectivity index (χ0n) is 12.2. The Balaban J connectivity index is 1.78. The van der Waals surface area contributed by atoms with Crippen LogP contribution in [0.15, 0.2) is 40.1 Å². The van der Waals surface area contributed by atoms with Crippen molar-refractivity contribution in [2.24, 2.45) is 0 Å². The van der Waals surface area contributed by atoms with Crippen LogP contribution in [0.5, 0.6) is 0 Å². The number of carbonyl (C=O) groups excluding carboxylic acids is 1. The Kier molecular flexibility index (Phi) is 4.06. The number of hydrogen-bond acceptors (Lipinski definition) is 6. The van der Waals surface area contributed by atoms with Crippen LogP contribution in [-0.2, 0) is 0 Å². The van der Waals surface area contributed by atoms with Gasteiger partial charge in [-0.15, -0.1) is 11.8 Å². The molecule has 6 nitrogen and oxygen atoms in total. The Hall–Kier alpha value is -2.41. The average Bonchev–Trinajstić information content (AvgIpc) is 2.89. The van der Waals surface area contributed by atoms with Crippen molar-refractivity contribution < 1.29 is 9.32 Å². The maximum Gasteiger partial charge on any atom is 0.258 e. The van der Waals surface area contributed by atoms with Crippen LogP contribution < -0.4 is 5.32 Å². The topological polar surface area (TPSA) is 80.9 Å². The Morgan fingerprint density at radius 2 is 2.18 bits per heavy atom. The summed E-state index contributed by atoms with van der Waals surface area (Å²) in [5.74, 6) is 0.721. The van der Waals surface area contributed by atoms with Gasteiger partial charge in [0, 0.05) is 6.20 Å². The second kappa shape index (κ2) is 6.15. The number of fused-ring (bicyclic) bond motifs is 1. The average molecular weight is 314 g/mol. The van der Waals surface area contributed by atoms with E-state index >= 15 is 0 Å². The lowest BCUT2D eigenvalue weighted by Crippen LogP contribution is -2.12. The SMILES string of the molecule is CCSc1ccc(C(=O)Nc2cnc3onc(C)c3c2)cn1. The van der Waals surface area contributed by atoms with Crippen molar-refractivity contribution in [2.45, 2.75) is 18.9 Å². The summed E-state index contributed by atoms with van der Waals surface area (Å²) in [7, 11) is 0. The predicted octanol–water partition coefficient (Wildman–Crippen LogP) is 3.29. The number of hydrogen-bond donors (Lipinski definition) is 1. The molecule has 0 saturated carbocycles. The highest BCUT2D eigenvalue weighted by Gasteiger charge is 2.10. The van der Waals surface area contributed by atoms with Crippen LogP contribution in [0.3, 0.4) is 0 Å². The van der Waals surface area contributed by atoms with Gasteiger partial charge >= 0.3 is 0 Å². The lowest BCUT2D eigenvalue weighted by atomic mass is 10.2. The maximum atomic E-state index is 12.2. The van der Waals surface area contributed by atoms with E-state index in [1.807, 2.05) is 13.0 Å². The lowest BCUT2D eigenvalue weighted by molar-refractivity contribution is 0.102. The molecule has 0 aliphatic heterocycles. The first-order chi connectivity index (χ1) is 10.7. The molecule has 0 fully saturated rings. The molecule has 3 aromatic heterocycles. The van der Waals surface area contributed by atoms with Crippen LogP contribution in [0.1, 0.15) is 23.0 Å². The van der Waals surface area contributed by atoms with Gasteiger partial charge in [-0.05, 0) is 30.9 Å². The van der Waals surface area contributed by atoms with E-state index in [9.17, 15) is 4.79 Å². The summed E-state index contributed by atoms with van der Waals surface area (Å²) in [6.45, 7) is 3.88. The quantitative estimate of drug-likeness (QED) is 0.744. The monoisotopic (exact) mass is 314 g/mol. The second-order valence-corrected chi connectivity index (χ2v) is 5.90. The molecule has 0 aromatic carbocycles. The van der Waals surface area contributed by atoms with E-state index in [1.54, 1.807) is 36.3 Å². The Bertz CT molecular complexity index is 814. The minimum absolute atomic E-state index is 0.226. The standard InChI is InChI=1S/C15H14N4O2S/c1-3-22-13-5-4-10(7-16-13)14(20)18-11-6-12-9(2)19-21-15(12)17-8-11/h4-8H,3H2,1-2H3,(H,18,20). The largest absolute Gasteiger partial charge is 0.336 e. The molecule has 3 heterocycles. The molecule has 0 atom stereocenters. The molecule has 0 bridgehead atoms. The van der Waals surface area contributed by atoms with Gasteiger partial charge in [0.05, 0.1) is 33.6 Å². The third-order valence-electron chi connectivity index (χ3n) is 3.06. The predicted molar refractivity (Wildman–Crippen MR) is 85.1 cm³/mol. The fourth-order valence-corrected chi connectivity index (χ4v) is 2.55. The summed E-state index contributed by atoms with van der Waals surface area (Å²) in [5.41, 5.74) is 2.29. The molecule has 1 amide bonds. The van der Waals surface area contributed by atoms with Gasteiger partial charge in [0.15, 0.2) is 0 Å². The van der Waals surface area contributed by atoms with E-state index in [-0.39, 0.29) is 5.91 Å². The molecule has 0 unspecified atom stereocenters. The van der Waals surface area contributed by atoms with E-state index in [2.05, 4.69) is 27.4 Å². The molecule has 0 aliphatic carbocycles. The zero-order chi connectivity index (χ0) is 15.5. The van der Waals surface area contributed by atoms with Crippen molar-refractivity contribution in [3.63, 3.8) is 0 Å². The number of thioether (sulfide) groups is 1. The number of carbonyl (C=O) groups is 1. The molecule has 112 valence electrons. The van der Waals surface area contributed by atoms with Gasteiger partial charge in [0.25, 0.3) is 11.6 Å². The summed E-state index contributed by atoms with van der Waals surface area (Å²) < 4.78 is 5.04. The lowest BCUT2D eigenvalue weighted by Gasteiger charge is -2.05. The van der Waals surface area contributed by atoms with Crippen LogP contribution in [-0.4, -0.2) is 26.8 Å². The van der Waals surface area contributed by atoms with Crippen molar-refractivity contribution in [2.75, 3.05) is 11.1 Å². The van der Waals surface area contributed by atoms with E-state index in [4.69, 9.17) is 4.52 Å². The van der Waals surface area contributed by atoms with Crippen molar-refractivity contribution in [3.05, 3.63) is 41.9 Å². The van der Waals surface area contributed by atoms with Gasteiger partial charge in [0.2, 0.25) is 0 Å². The fourth-order valence-electron chi connectivity index (χ4n) is 1.96. The summed E-state index contributed by atoms with van der Waals surface area (Å²) >= 11 is 1.63. The van der Waals surface area contributed by atoms with Gasteiger partial charge in [-0.3, -0.25) is 4.79 Å². The molecule has 0 spiro atoms. The molecule has 0 saturated heterocycles. The molecular formula is C15H14N4O2S. The van der Waals surface area contributed by atoms with E-state index in [0.29, 0.717) is 17.0 Å². The van der Waals surface area contributed by atoms with Gasteiger partial charge in [-0.25, -0.2) is 9.97 Å².